The normalized spacial score (nSPS) is 19.6. The molecular weight excluding hydrogens is 500 g/mol. The van der Waals surface area contributed by atoms with Gasteiger partial charge in [0.1, 0.15) is 6.04 Å². The van der Waals surface area contributed by atoms with Crippen molar-refractivity contribution in [3.8, 4) is 11.1 Å². The van der Waals surface area contributed by atoms with Crippen molar-refractivity contribution in [3.05, 3.63) is 59.2 Å². The first kappa shape index (κ1) is 28.1. The van der Waals surface area contributed by atoms with E-state index in [-0.39, 0.29) is 5.91 Å². The number of amides is 1. The van der Waals surface area contributed by atoms with Gasteiger partial charge in [0.2, 0.25) is 0 Å². The van der Waals surface area contributed by atoms with E-state index in [1.807, 2.05) is 36.6 Å². The van der Waals surface area contributed by atoms with Gasteiger partial charge in [0, 0.05) is 29.2 Å². The first-order chi connectivity index (χ1) is 17.9. The first-order valence-electron chi connectivity index (χ1n) is 13.5. The number of hydrogen-bond donors (Lipinski definition) is 2. The SMILES string of the molecule is CSCCC(NC(=O)c1ccc(CN2CCC(SC3CCCCC3)C2)cc1-c1ccccc1C)C(=O)O. The molecule has 0 aromatic heterocycles. The Morgan fingerprint density at radius 3 is 2.57 bits per heavy atom. The topological polar surface area (TPSA) is 69.6 Å². The Labute approximate surface area is 230 Å². The van der Waals surface area contributed by atoms with Gasteiger partial charge in [0.15, 0.2) is 0 Å². The number of aliphatic carboxylic acids is 1. The van der Waals surface area contributed by atoms with Crippen molar-refractivity contribution in [2.75, 3.05) is 25.1 Å². The molecule has 0 spiro atoms. The number of carboxylic acids is 1. The first-order valence-corrected chi connectivity index (χ1v) is 15.9. The number of benzene rings is 2. The molecule has 0 bridgehead atoms. The van der Waals surface area contributed by atoms with Crippen molar-refractivity contribution in [3.63, 3.8) is 0 Å². The summed E-state index contributed by atoms with van der Waals surface area (Å²) in [5, 5.41) is 14.0. The molecule has 2 aromatic rings. The largest absolute Gasteiger partial charge is 0.480 e. The fourth-order valence-corrected chi connectivity index (χ4v) is 7.66. The van der Waals surface area contributed by atoms with Gasteiger partial charge in [-0.05, 0) is 85.5 Å². The van der Waals surface area contributed by atoms with Crippen LogP contribution in [0.1, 0.15) is 66.4 Å². The van der Waals surface area contributed by atoms with E-state index in [1.165, 1.54) is 44.1 Å². The minimum absolute atomic E-state index is 0.330. The third-order valence-electron chi connectivity index (χ3n) is 7.55. The lowest BCUT2D eigenvalue weighted by molar-refractivity contribution is -0.139. The molecule has 37 heavy (non-hydrogen) atoms. The Hall–Kier alpha value is -1.96. The van der Waals surface area contributed by atoms with E-state index < -0.39 is 12.0 Å². The number of aryl methyl sites for hydroxylation is 1. The standard InChI is InChI=1S/C30H40N2O3S2/c1-21-8-6-7-11-25(21)27-18-22(12-13-26(27)29(33)31-28(30(34)35)15-17-36-2)19-32-16-14-24(20-32)37-23-9-4-3-5-10-23/h6-8,11-13,18,23-24,28H,3-5,9-10,14-17,19-20H2,1-2H3,(H,31,33)(H,34,35). The molecule has 2 aliphatic rings. The van der Waals surface area contributed by atoms with Gasteiger partial charge < -0.3 is 10.4 Å². The van der Waals surface area contributed by atoms with Gasteiger partial charge in [-0.25, -0.2) is 4.79 Å². The van der Waals surface area contributed by atoms with Crippen LogP contribution in [-0.4, -0.2) is 63.5 Å². The average Bonchev–Trinajstić information content (AvgIpc) is 3.33. The highest BCUT2D eigenvalue weighted by molar-refractivity contribution is 8.00. The van der Waals surface area contributed by atoms with Gasteiger partial charge in [-0.2, -0.15) is 23.5 Å². The molecular formula is C30H40N2O3S2. The second kappa shape index (κ2) is 13.7. The zero-order valence-electron chi connectivity index (χ0n) is 22.1. The monoisotopic (exact) mass is 540 g/mol. The quantitative estimate of drug-likeness (QED) is 0.352. The van der Waals surface area contributed by atoms with Gasteiger partial charge in [-0.3, -0.25) is 9.69 Å². The average molecular weight is 541 g/mol. The number of likely N-dealkylation sites (tertiary alicyclic amines) is 1. The number of rotatable bonds is 11. The Morgan fingerprint density at radius 2 is 1.84 bits per heavy atom. The molecule has 1 heterocycles. The predicted octanol–water partition coefficient (Wildman–Crippen LogP) is 6.24. The van der Waals surface area contributed by atoms with E-state index in [4.69, 9.17) is 0 Å². The third kappa shape index (κ3) is 7.78. The zero-order valence-corrected chi connectivity index (χ0v) is 23.7. The van der Waals surface area contributed by atoms with Crippen molar-refractivity contribution >= 4 is 35.4 Å². The molecule has 2 fully saturated rings. The molecule has 1 aliphatic carbocycles. The molecule has 1 amide bonds. The third-order valence-corrected chi connectivity index (χ3v) is 9.82. The Bertz CT molecular complexity index is 1070. The van der Waals surface area contributed by atoms with Crippen LogP contribution in [0.25, 0.3) is 11.1 Å². The number of carbonyl (C=O) groups excluding carboxylic acids is 1. The molecule has 1 aliphatic heterocycles. The van der Waals surface area contributed by atoms with Crippen LogP contribution < -0.4 is 5.32 Å². The van der Waals surface area contributed by atoms with Crippen molar-refractivity contribution in [1.82, 2.24) is 10.2 Å². The number of hydrogen-bond acceptors (Lipinski definition) is 5. The number of nitrogens with one attached hydrogen (secondary N) is 1. The lowest BCUT2D eigenvalue weighted by atomic mass is 9.93. The minimum Gasteiger partial charge on any atom is -0.480 e. The van der Waals surface area contributed by atoms with E-state index in [9.17, 15) is 14.7 Å². The summed E-state index contributed by atoms with van der Waals surface area (Å²) >= 11 is 3.80. The molecule has 4 rings (SSSR count). The fraction of sp³-hybridized carbons (Fsp3) is 0.533. The highest BCUT2D eigenvalue weighted by atomic mass is 32.2. The summed E-state index contributed by atoms with van der Waals surface area (Å²) in [6, 6.07) is 13.2. The molecule has 0 radical (unpaired) electrons. The molecule has 200 valence electrons. The van der Waals surface area contributed by atoms with Gasteiger partial charge in [0.25, 0.3) is 5.91 Å². The maximum absolute atomic E-state index is 13.3. The van der Waals surface area contributed by atoms with Gasteiger partial charge in [-0.1, -0.05) is 49.6 Å². The molecule has 2 atom stereocenters. The van der Waals surface area contributed by atoms with Crippen LogP contribution >= 0.6 is 23.5 Å². The van der Waals surface area contributed by atoms with Crippen LogP contribution in [-0.2, 0) is 11.3 Å². The number of carbonyl (C=O) groups is 2. The van der Waals surface area contributed by atoms with Crippen LogP contribution in [0.15, 0.2) is 42.5 Å². The lowest BCUT2D eigenvalue weighted by Crippen LogP contribution is -2.41. The van der Waals surface area contributed by atoms with Crippen LogP contribution in [0.5, 0.6) is 0 Å². The summed E-state index contributed by atoms with van der Waals surface area (Å²) in [4.78, 5) is 27.6. The second-order valence-electron chi connectivity index (χ2n) is 10.4. The number of carboxylic acid groups (broad SMARTS) is 1. The van der Waals surface area contributed by atoms with E-state index in [1.54, 1.807) is 11.8 Å². The summed E-state index contributed by atoms with van der Waals surface area (Å²) in [5.74, 6) is -0.647. The number of thioether (sulfide) groups is 2. The van der Waals surface area contributed by atoms with Gasteiger partial charge in [0.05, 0.1) is 0 Å². The maximum Gasteiger partial charge on any atom is 0.326 e. The van der Waals surface area contributed by atoms with Gasteiger partial charge >= 0.3 is 5.97 Å². The Morgan fingerprint density at radius 1 is 1.05 bits per heavy atom. The fourth-order valence-electron chi connectivity index (χ4n) is 5.50. The highest BCUT2D eigenvalue weighted by Crippen LogP contribution is 2.35. The van der Waals surface area contributed by atoms with Crippen LogP contribution in [0.2, 0.25) is 0 Å². The smallest absolute Gasteiger partial charge is 0.326 e. The summed E-state index contributed by atoms with van der Waals surface area (Å²) in [5.41, 5.74) is 4.69. The van der Waals surface area contributed by atoms with Crippen molar-refractivity contribution in [2.24, 2.45) is 0 Å². The summed E-state index contributed by atoms with van der Waals surface area (Å²) in [7, 11) is 0. The molecule has 1 saturated carbocycles. The summed E-state index contributed by atoms with van der Waals surface area (Å²) in [6.07, 6.45) is 10.5. The molecule has 7 heteroatoms. The minimum atomic E-state index is -0.994. The van der Waals surface area contributed by atoms with Crippen LogP contribution in [0.3, 0.4) is 0 Å². The van der Waals surface area contributed by atoms with Crippen molar-refractivity contribution < 1.29 is 14.7 Å². The summed E-state index contributed by atoms with van der Waals surface area (Å²) in [6.45, 7) is 5.16. The predicted molar refractivity (Wildman–Crippen MR) is 157 cm³/mol. The van der Waals surface area contributed by atoms with Crippen LogP contribution in [0, 0.1) is 6.92 Å². The maximum atomic E-state index is 13.3. The van der Waals surface area contributed by atoms with Gasteiger partial charge in [-0.15, -0.1) is 0 Å². The molecule has 1 saturated heterocycles. The van der Waals surface area contributed by atoms with E-state index in [2.05, 4.69) is 41.0 Å². The second-order valence-corrected chi connectivity index (χ2v) is 13.0. The molecule has 2 N–H and O–H groups in total. The molecule has 2 unspecified atom stereocenters. The Kier molecular flexibility index (Phi) is 10.4. The number of nitrogens with zero attached hydrogens (tertiary/aromatic N) is 1. The summed E-state index contributed by atoms with van der Waals surface area (Å²) < 4.78 is 0. The van der Waals surface area contributed by atoms with E-state index in [0.29, 0.717) is 17.7 Å². The van der Waals surface area contributed by atoms with Crippen molar-refractivity contribution in [1.29, 1.82) is 0 Å². The van der Waals surface area contributed by atoms with E-state index >= 15 is 0 Å². The zero-order chi connectivity index (χ0) is 26.2. The van der Waals surface area contributed by atoms with E-state index in [0.717, 1.165) is 46.8 Å². The molecule has 2 aromatic carbocycles. The van der Waals surface area contributed by atoms with Crippen molar-refractivity contribution in [2.45, 2.75) is 75.0 Å². The van der Waals surface area contributed by atoms with Crippen LogP contribution in [0.4, 0.5) is 0 Å². The highest BCUT2D eigenvalue weighted by Gasteiger charge is 2.27. The molecule has 5 nitrogen and oxygen atoms in total. The lowest BCUT2D eigenvalue weighted by Gasteiger charge is -2.24. The Balaban J connectivity index is 1.50.